The number of carboxylic acid groups (broad SMARTS) is 1. The summed E-state index contributed by atoms with van der Waals surface area (Å²) in [6.07, 6.45) is 3.35. The van der Waals surface area contributed by atoms with Crippen LogP contribution in [0, 0.1) is 0 Å². The Hall–Kier alpha value is -2.36. The van der Waals surface area contributed by atoms with Crippen LogP contribution in [0.15, 0.2) is 53.5 Å². The number of aromatic nitrogens is 1. The van der Waals surface area contributed by atoms with Gasteiger partial charge in [-0.05, 0) is 24.1 Å². The zero-order valence-electron chi connectivity index (χ0n) is 11.3. The van der Waals surface area contributed by atoms with Crippen LogP contribution in [-0.2, 0) is 0 Å². The molecular formula is C16H17NO3. The lowest BCUT2D eigenvalue weighted by Crippen LogP contribution is -2.29. The van der Waals surface area contributed by atoms with Gasteiger partial charge in [-0.1, -0.05) is 43.7 Å². The highest BCUT2D eigenvalue weighted by atomic mass is 16.4. The minimum atomic E-state index is -1.19. The molecule has 0 radical (unpaired) electrons. The minimum absolute atomic E-state index is 0.131. The third-order valence-corrected chi connectivity index (χ3v) is 3.29. The Morgan fingerprint density at radius 3 is 2.50 bits per heavy atom. The number of rotatable bonds is 5. The molecule has 1 heterocycles. The van der Waals surface area contributed by atoms with Crippen molar-refractivity contribution < 1.29 is 9.90 Å². The number of aromatic carboxylic acids is 1. The summed E-state index contributed by atoms with van der Waals surface area (Å²) in [5.74, 6) is -1.19. The molecule has 0 saturated carbocycles. The zero-order valence-corrected chi connectivity index (χ0v) is 11.3. The summed E-state index contributed by atoms with van der Waals surface area (Å²) in [7, 11) is 0. The number of carboxylic acids is 1. The van der Waals surface area contributed by atoms with E-state index in [0.717, 1.165) is 18.4 Å². The Bertz CT molecular complexity index is 646. The first-order chi connectivity index (χ1) is 9.65. The van der Waals surface area contributed by atoms with Crippen molar-refractivity contribution >= 4 is 5.97 Å². The molecule has 0 aliphatic rings. The highest BCUT2D eigenvalue weighted by molar-refractivity contribution is 5.87. The molecule has 0 spiro atoms. The minimum Gasteiger partial charge on any atom is -0.477 e. The quantitative estimate of drug-likeness (QED) is 0.909. The molecule has 1 atom stereocenters. The highest BCUT2D eigenvalue weighted by Crippen LogP contribution is 2.21. The largest absolute Gasteiger partial charge is 0.477 e. The van der Waals surface area contributed by atoms with E-state index in [9.17, 15) is 9.59 Å². The number of benzene rings is 1. The van der Waals surface area contributed by atoms with Crippen LogP contribution in [-0.4, -0.2) is 15.6 Å². The van der Waals surface area contributed by atoms with Crippen LogP contribution in [0.1, 0.15) is 41.7 Å². The van der Waals surface area contributed by atoms with Crippen molar-refractivity contribution in [2.24, 2.45) is 0 Å². The van der Waals surface area contributed by atoms with Crippen LogP contribution in [0.5, 0.6) is 0 Å². The van der Waals surface area contributed by atoms with E-state index >= 15 is 0 Å². The fourth-order valence-corrected chi connectivity index (χ4v) is 2.33. The standard InChI is InChI=1S/C16H17NO3/c1-2-7-14(12-8-4-3-5-9-12)17-11-6-10-13(15(17)18)16(19)20/h3-6,8-11,14H,2,7H2,1H3,(H,19,20)/t14-/m0/s1. The van der Waals surface area contributed by atoms with E-state index in [1.54, 1.807) is 12.3 Å². The Morgan fingerprint density at radius 2 is 1.90 bits per heavy atom. The van der Waals surface area contributed by atoms with Gasteiger partial charge in [-0.15, -0.1) is 0 Å². The van der Waals surface area contributed by atoms with Crippen molar-refractivity contribution in [3.05, 3.63) is 70.1 Å². The second-order valence-electron chi connectivity index (χ2n) is 4.65. The van der Waals surface area contributed by atoms with Crippen molar-refractivity contribution in [2.45, 2.75) is 25.8 Å². The molecule has 1 aromatic carbocycles. The van der Waals surface area contributed by atoms with Gasteiger partial charge in [0.2, 0.25) is 0 Å². The number of nitrogens with zero attached hydrogens (tertiary/aromatic N) is 1. The Balaban J connectivity index is 2.53. The number of hydrogen-bond donors (Lipinski definition) is 1. The van der Waals surface area contributed by atoms with Gasteiger partial charge in [0.1, 0.15) is 5.56 Å². The van der Waals surface area contributed by atoms with Crippen LogP contribution in [0.3, 0.4) is 0 Å². The van der Waals surface area contributed by atoms with Crippen molar-refractivity contribution in [1.82, 2.24) is 4.57 Å². The summed E-state index contributed by atoms with van der Waals surface area (Å²) in [5, 5.41) is 9.06. The number of carbonyl (C=O) groups is 1. The molecule has 1 N–H and O–H groups in total. The summed E-state index contributed by atoms with van der Waals surface area (Å²) in [6, 6.07) is 12.5. The summed E-state index contributed by atoms with van der Waals surface area (Å²) in [6.45, 7) is 2.04. The Morgan fingerprint density at radius 1 is 1.20 bits per heavy atom. The molecule has 2 aromatic rings. The maximum absolute atomic E-state index is 12.3. The molecule has 0 aliphatic carbocycles. The van der Waals surface area contributed by atoms with Gasteiger partial charge >= 0.3 is 5.97 Å². The molecular weight excluding hydrogens is 254 g/mol. The topological polar surface area (TPSA) is 59.3 Å². The van der Waals surface area contributed by atoms with E-state index in [0.29, 0.717) is 0 Å². The third kappa shape index (κ3) is 2.79. The van der Waals surface area contributed by atoms with Gasteiger partial charge in [-0.3, -0.25) is 4.79 Å². The maximum Gasteiger partial charge on any atom is 0.341 e. The molecule has 4 heteroatoms. The van der Waals surface area contributed by atoms with E-state index in [2.05, 4.69) is 0 Å². The maximum atomic E-state index is 12.3. The van der Waals surface area contributed by atoms with E-state index < -0.39 is 11.5 Å². The smallest absolute Gasteiger partial charge is 0.341 e. The molecule has 20 heavy (non-hydrogen) atoms. The summed E-state index contributed by atoms with van der Waals surface area (Å²) >= 11 is 0. The molecule has 4 nitrogen and oxygen atoms in total. The average molecular weight is 271 g/mol. The predicted octanol–water partition coefficient (Wildman–Crippen LogP) is 2.94. The van der Waals surface area contributed by atoms with Crippen molar-refractivity contribution in [3.63, 3.8) is 0 Å². The molecule has 0 bridgehead atoms. The predicted molar refractivity (Wildman–Crippen MR) is 77.2 cm³/mol. The van der Waals surface area contributed by atoms with Gasteiger partial charge in [-0.25, -0.2) is 4.79 Å². The first kappa shape index (κ1) is 14.1. The molecule has 0 aliphatic heterocycles. The van der Waals surface area contributed by atoms with E-state index in [1.807, 2.05) is 37.3 Å². The first-order valence-corrected chi connectivity index (χ1v) is 6.64. The van der Waals surface area contributed by atoms with Crippen LogP contribution in [0.2, 0.25) is 0 Å². The van der Waals surface area contributed by atoms with Gasteiger partial charge < -0.3 is 9.67 Å². The van der Waals surface area contributed by atoms with Crippen molar-refractivity contribution in [1.29, 1.82) is 0 Å². The average Bonchev–Trinajstić information content (AvgIpc) is 2.46. The molecule has 0 saturated heterocycles. The Labute approximate surface area is 117 Å². The lowest BCUT2D eigenvalue weighted by Gasteiger charge is -2.20. The monoisotopic (exact) mass is 271 g/mol. The molecule has 0 fully saturated rings. The van der Waals surface area contributed by atoms with Crippen LogP contribution in [0.4, 0.5) is 0 Å². The van der Waals surface area contributed by atoms with Gasteiger partial charge in [-0.2, -0.15) is 0 Å². The van der Waals surface area contributed by atoms with Gasteiger partial charge in [0.25, 0.3) is 5.56 Å². The van der Waals surface area contributed by atoms with Crippen molar-refractivity contribution in [3.8, 4) is 0 Å². The van der Waals surface area contributed by atoms with Crippen LogP contribution in [0.25, 0.3) is 0 Å². The normalized spacial score (nSPS) is 12.1. The summed E-state index contributed by atoms with van der Waals surface area (Å²) < 4.78 is 1.52. The molecule has 0 amide bonds. The SMILES string of the molecule is CCC[C@@H](c1ccccc1)n1cccc(C(=O)O)c1=O. The third-order valence-electron chi connectivity index (χ3n) is 3.29. The second-order valence-corrected chi connectivity index (χ2v) is 4.65. The van der Waals surface area contributed by atoms with Gasteiger partial charge in [0.15, 0.2) is 0 Å². The second kappa shape index (κ2) is 6.19. The molecule has 0 unspecified atom stereocenters. The summed E-state index contributed by atoms with van der Waals surface area (Å²) in [4.78, 5) is 23.4. The van der Waals surface area contributed by atoms with E-state index in [1.165, 1.54) is 10.6 Å². The fourth-order valence-electron chi connectivity index (χ4n) is 2.33. The van der Waals surface area contributed by atoms with Crippen molar-refractivity contribution in [2.75, 3.05) is 0 Å². The van der Waals surface area contributed by atoms with Gasteiger partial charge in [0, 0.05) is 6.20 Å². The van der Waals surface area contributed by atoms with Crippen LogP contribution < -0.4 is 5.56 Å². The summed E-state index contributed by atoms with van der Waals surface area (Å²) in [5.41, 5.74) is 0.367. The van der Waals surface area contributed by atoms with E-state index in [-0.39, 0.29) is 11.6 Å². The first-order valence-electron chi connectivity index (χ1n) is 6.64. The zero-order chi connectivity index (χ0) is 14.5. The molecule has 1 aromatic heterocycles. The fraction of sp³-hybridized carbons (Fsp3) is 0.250. The van der Waals surface area contributed by atoms with Gasteiger partial charge in [0.05, 0.1) is 6.04 Å². The number of hydrogen-bond acceptors (Lipinski definition) is 2. The Kier molecular flexibility index (Phi) is 4.35. The highest BCUT2D eigenvalue weighted by Gasteiger charge is 2.17. The lowest BCUT2D eigenvalue weighted by molar-refractivity contribution is 0.0694. The molecule has 2 rings (SSSR count). The van der Waals surface area contributed by atoms with E-state index in [4.69, 9.17) is 5.11 Å². The molecule has 104 valence electrons. The number of pyridine rings is 1. The van der Waals surface area contributed by atoms with Crippen LogP contribution >= 0.6 is 0 Å². The lowest BCUT2D eigenvalue weighted by atomic mass is 10.0.